The number of ether oxygens (including phenoxy) is 2. The van der Waals surface area contributed by atoms with Crippen LogP contribution in [0.1, 0.15) is 37.6 Å². The zero-order valence-corrected chi connectivity index (χ0v) is 17.4. The van der Waals surface area contributed by atoms with Crippen LogP contribution in [0.25, 0.3) is 0 Å². The molecule has 30 heavy (non-hydrogen) atoms. The molecule has 1 atom stereocenters. The first-order valence-electron chi connectivity index (χ1n) is 9.96. The zero-order chi connectivity index (χ0) is 21.7. The third-order valence-corrected chi connectivity index (χ3v) is 4.61. The summed E-state index contributed by atoms with van der Waals surface area (Å²) in [7, 11) is 0. The second-order valence-corrected chi connectivity index (χ2v) is 7.69. The quantitative estimate of drug-likeness (QED) is 0.735. The van der Waals surface area contributed by atoms with E-state index in [-0.39, 0.29) is 18.4 Å². The summed E-state index contributed by atoms with van der Waals surface area (Å²) < 4.78 is 10.9. The summed E-state index contributed by atoms with van der Waals surface area (Å²) >= 11 is 0. The molecule has 1 aliphatic heterocycles. The maximum absolute atomic E-state index is 12.9. The Balaban J connectivity index is 1.68. The van der Waals surface area contributed by atoms with Crippen molar-refractivity contribution in [1.29, 1.82) is 0 Å². The molecular weight excluding hydrogens is 384 g/mol. The molecule has 2 aromatic rings. The van der Waals surface area contributed by atoms with Gasteiger partial charge in [0.1, 0.15) is 5.75 Å². The summed E-state index contributed by atoms with van der Waals surface area (Å²) in [5.41, 5.74) is 1.45. The molecule has 7 nitrogen and oxygen atoms in total. The Morgan fingerprint density at radius 2 is 1.93 bits per heavy atom. The van der Waals surface area contributed by atoms with Gasteiger partial charge < -0.3 is 19.7 Å². The van der Waals surface area contributed by atoms with E-state index >= 15 is 0 Å². The van der Waals surface area contributed by atoms with E-state index in [1.165, 1.54) is 4.90 Å². The van der Waals surface area contributed by atoms with Crippen molar-refractivity contribution in [2.45, 2.75) is 33.2 Å². The molecule has 3 rings (SSSR count). The second kappa shape index (κ2) is 9.43. The number of benzene rings is 2. The standard InChI is InChI=1S/C23H26N2O5/c1-15(2)13-29-18-8-6-7-17(12-18)23(28)30-14-22(27)25-16(3)11-21(26)24-19-9-4-5-10-20(19)25/h4-10,12,15-16H,11,13-14H2,1-3H3,(H,24,26)/t16-/m0/s1. The summed E-state index contributed by atoms with van der Waals surface area (Å²) in [6, 6.07) is 13.4. The lowest BCUT2D eigenvalue weighted by Gasteiger charge is -2.27. The Morgan fingerprint density at radius 1 is 1.17 bits per heavy atom. The molecule has 1 N–H and O–H groups in total. The third-order valence-electron chi connectivity index (χ3n) is 4.61. The molecule has 0 saturated heterocycles. The van der Waals surface area contributed by atoms with Crippen LogP contribution < -0.4 is 15.0 Å². The van der Waals surface area contributed by atoms with Gasteiger partial charge in [-0.15, -0.1) is 0 Å². The van der Waals surface area contributed by atoms with Gasteiger partial charge in [-0.1, -0.05) is 32.0 Å². The molecule has 0 fully saturated rings. The van der Waals surface area contributed by atoms with Crippen LogP contribution in [0.4, 0.5) is 11.4 Å². The fourth-order valence-corrected chi connectivity index (χ4v) is 3.22. The van der Waals surface area contributed by atoms with Gasteiger partial charge in [-0.3, -0.25) is 9.59 Å². The molecule has 0 aromatic heterocycles. The van der Waals surface area contributed by atoms with Crippen molar-refractivity contribution in [3.63, 3.8) is 0 Å². The first kappa shape index (κ1) is 21.4. The van der Waals surface area contributed by atoms with E-state index < -0.39 is 18.5 Å². The fourth-order valence-electron chi connectivity index (χ4n) is 3.22. The van der Waals surface area contributed by atoms with Crippen molar-refractivity contribution in [3.05, 3.63) is 54.1 Å². The molecule has 0 bridgehead atoms. The van der Waals surface area contributed by atoms with E-state index in [0.29, 0.717) is 35.2 Å². The number of amides is 2. The Kier molecular flexibility index (Phi) is 6.72. The summed E-state index contributed by atoms with van der Waals surface area (Å²) in [6.45, 7) is 5.97. The average molecular weight is 410 g/mol. The third kappa shape index (κ3) is 5.17. The van der Waals surface area contributed by atoms with Gasteiger partial charge in [0.2, 0.25) is 5.91 Å². The first-order valence-corrected chi connectivity index (χ1v) is 9.96. The molecular formula is C23H26N2O5. The van der Waals surface area contributed by atoms with Gasteiger partial charge in [-0.05, 0) is 43.2 Å². The molecule has 2 amide bonds. The topological polar surface area (TPSA) is 84.9 Å². The lowest BCUT2D eigenvalue weighted by molar-refractivity contribution is -0.122. The lowest BCUT2D eigenvalue weighted by Crippen LogP contribution is -2.41. The molecule has 0 aliphatic carbocycles. The summed E-state index contributed by atoms with van der Waals surface area (Å²) in [5.74, 6) is -0.238. The summed E-state index contributed by atoms with van der Waals surface area (Å²) in [4.78, 5) is 38.9. The van der Waals surface area contributed by atoms with Gasteiger partial charge in [0.25, 0.3) is 5.91 Å². The molecule has 0 spiro atoms. The van der Waals surface area contributed by atoms with Crippen LogP contribution >= 0.6 is 0 Å². The fraction of sp³-hybridized carbons (Fsp3) is 0.348. The predicted molar refractivity (Wildman–Crippen MR) is 114 cm³/mol. The summed E-state index contributed by atoms with van der Waals surface area (Å²) in [6.07, 6.45) is 0.156. The number of nitrogens with one attached hydrogen (secondary N) is 1. The number of carbonyl (C=O) groups is 3. The van der Waals surface area contributed by atoms with E-state index in [1.54, 1.807) is 55.5 Å². The minimum atomic E-state index is -0.608. The number of fused-ring (bicyclic) bond motifs is 1. The van der Waals surface area contributed by atoms with E-state index in [2.05, 4.69) is 5.32 Å². The Hall–Kier alpha value is -3.35. The monoisotopic (exact) mass is 410 g/mol. The highest BCUT2D eigenvalue weighted by Crippen LogP contribution is 2.31. The zero-order valence-electron chi connectivity index (χ0n) is 17.4. The predicted octanol–water partition coefficient (Wildman–Crippen LogP) is 3.64. The molecule has 158 valence electrons. The van der Waals surface area contributed by atoms with Crippen LogP contribution in [0, 0.1) is 5.92 Å². The van der Waals surface area contributed by atoms with Crippen LogP contribution in [0.15, 0.2) is 48.5 Å². The number of anilines is 2. The Morgan fingerprint density at radius 3 is 2.70 bits per heavy atom. The van der Waals surface area contributed by atoms with Crippen LogP contribution in [0.5, 0.6) is 5.75 Å². The number of para-hydroxylation sites is 2. The number of hydrogen-bond donors (Lipinski definition) is 1. The van der Waals surface area contributed by atoms with E-state index in [9.17, 15) is 14.4 Å². The number of nitrogens with zero attached hydrogens (tertiary/aromatic N) is 1. The number of rotatable bonds is 6. The van der Waals surface area contributed by atoms with Crippen molar-refractivity contribution < 1.29 is 23.9 Å². The van der Waals surface area contributed by atoms with Crippen LogP contribution in [0.2, 0.25) is 0 Å². The van der Waals surface area contributed by atoms with Crippen molar-refractivity contribution in [1.82, 2.24) is 0 Å². The molecule has 1 aliphatic rings. The van der Waals surface area contributed by atoms with Crippen LogP contribution in [0.3, 0.4) is 0 Å². The number of esters is 1. The lowest BCUT2D eigenvalue weighted by atomic mass is 10.1. The molecule has 0 saturated carbocycles. The molecule has 7 heteroatoms. The van der Waals surface area contributed by atoms with Gasteiger partial charge in [-0.25, -0.2) is 4.79 Å². The second-order valence-electron chi connectivity index (χ2n) is 7.69. The van der Waals surface area contributed by atoms with Crippen molar-refractivity contribution in [3.8, 4) is 5.75 Å². The minimum Gasteiger partial charge on any atom is -0.493 e. The minimum absolute atomic E-state index is 0.156. The molecule has 0 radical (unpaired) electrons. The summed E-state index contributed by atoms with van der Waals surface area (Å²) in [5, 5.41) is 2.80. The van der Waals surface area contributed by atoms with Gasteiger partial charge in [0.15, 0.2) is 6.61 Å². The van der Waals surface area contributed by atoms with Crippen molar-refractivity contribution in [2.75, 3.05) is 23.4 Å². The van der Waals surface area contributed by atoms with Gasteiger partial charge in [0, 0.05) is 12.5 Å². The van der Waals surface area contributed by atoms with E-state index in [1.807, 2.05) is 13.8 Å². The number of hydrogen-bond acceptors (Lipinski definition) is 5. The highest BCUT2D eigenvalue weighted by Gasteiger charge is 2.30. The highest BCUT2D eigenvalue weighted by atomic mass is 16.5. The van der Waals surface area contributed by atoms with E-state index in [4.69, 9.17) is 9.47 Å². The largest absolute Gasteiger partial charge is 0.493 e. The van der Waals surface area contributed by atoms with Crippen LogP contribution in [-0.2, 0) is 14.3 Å². The van der Waals surface area contributed by atoms with Crippen LogP contribution in [-0.4, -0.2) is 37.0 Å². The molecule has 0 unspecified atom stereocenters. The first-order chi connectivity index (χ1) is 14.3. The highest BCUT2D eigenvalue weighted by molar-refractivity contribution is 6.05. The van der Waals surface area contributed by atoms with Crippen molar-refractivity contribution in [2.24, 2.45) is 5.92 Å². The number of carbonyl (C=O) groups excluding carboxylic acids is 3. The Labute approximate surface area is 176 Å². The van der Waals surface area contributed by atoms with Crippen molar-refractivity contribution >= 4 is 29.2 Å². The maximum Gasteiger partial charge on any atom is 0.338 e. The van der Waals surface area contributed by atoms with Gasteiger partial charge in [-0.2, -0.15) is 0 Å². The smallest absolute Gasteiger partial charge is 0.338 e. The maximum atomic E-state index is 12.9. The molecule has 1 heterocycles. The SMILES string of the molecule is CC(C)COc1cccc(C(=O)OCC(=O)N2c3ccccc3NC(=O)C[C@@H]2C)c1. The van der Waals surface area contributed by atoms with Gasteiger partial charge >= 0.3 is 5.97 Å². The van der Waals surface area contributed by atoms with E-state index in [0.717, 1.165) is 0 Å². The Bertz CT molecular complexity index is 941. The average Bonchev–Trinajstić information content (AvgIpc) is 2.84. The van der Waals surface area contributed by atoms with Gasteiger partial charge in [0.05, 0.1) is 23.5 Å². The normalized spacial score (nSPS) is 15.8. The molecule has 2 aromatic carbocycles.